The smallest absolute Gasteiger partial charge is 0.199 e. The minimum atomic E-state index is -2.95. The van der Waals surface area contributed by atoms with Gasteiger partial charge in [-0.15, -0.1) is 23.3 Å². The van der Waals surface area contributed by atoms with E-state index < -0.39 is 8.87 Å². The Balaban J connectivity index is 3.81. The lowest BCUT2D eigenvalue weighted by Crippen LogP contribution is -2.21. The zero-order valence-electron chi connectivity index (χ0n) is 6.91. The van der Waals surface area contributed by atoms with Gasteiger partial charge in [-0.05, 0) is 10.8 Å². The van der Waals surface area contributed by atoms with Crippen molar-refractivity contribution in [2.45, 2.75) is 0 Å². The predicted molar refractivity (Wildman–Crippen MR) is 72.0 cm³/mol. The van der Waals surface area contributed by atoms with E-state index in [0.29, 0.717) is 17.6 Å². The molecule has 0 aromatic carbocycles. The van der Waals surface area contributed by atoms with E-state index in [1.807, 2.05) is 4.90 Å². The van der Waals surface area contributed by atoms with Gasteiger partial charge in [0.1, 0.15) is 0 Å². The van der Waals surface area contributed by atoms with E-state index in [1.165, 1.54) is 27.8 Å². The minimum Gasteiger partial charge on any atom is -0.273 e. The lowest BCUT2D eigenvalue weighted by atomic mass is 11.0. The van der Waals surface area contributed by atoms with E-state index in [2.05, 4.69) is 23.3 Å². The van der Waals surface area contributed by atoms with Crippen molar-refractivity contribution < 1.29 is 8.42 Å². The van der Waals surface area contributed by atoms with Crippen molar-refractivity contribution >= 4 is 64.6 Å². The van der Waals surface area contributed by atoms with Gasteiger partial charge in [0.05, 0.1) is 17.6 Å². The molecule has 0 N–H and O–H groups in total. The van der Waals surface area contributed by atoms with Crippen molar-refractivity contribution in [3.05, 3.63) is 0 Å². The van der Waals surface area contributed by atoms with E-state index in [9.17, 15) is 8.42 Å². The molecule has 80 valence electrons. The Morgan fingerprint density at radius 1 is 1.15 bits per heavy atom. The normalized spacial score (nSPS) is 12.3. The first kappa shape index (κ1) is 14.7. The van der Waals surface area contributed by atoms with Crippen LogP contribution in [0.3, 0.4) is 0 Å². The fourth-order valence-corrected chi connectivity index (χ4v) is 4.01. The summed E-state index contributed by atoms with van der Waals surface area (Å²) in [7, 11) is 0.706. The zero-order valence-corrected chi connectivity index (χ0v) is 12.0. The molecule has 0 amide bonds. The van der Waals surface area contributed by atoms with Gasteiger partial charge in [-0.2, -0.15) is 0 Å². The second-order valence-electron chi connectivity index (χ2n) is 2.14. The van der Waals surface area contributed by atoms with E-state index in [4.69, 9.17) is 0 Å². The van der Waals surface area contributed by atoms with Crippen LogP contribution in [-0.4, -0.2) is 37.2 Å². The second kappa shape index (κ2) is 7.89. The summed E-state index contributed by atoms with van der Waals surface area (Å²) in [6.07, 6.45) is 1.21. The van der Waals surface area contributed by atoms with Crippen LogP contribution < -0.4 is 0 Å². The Morgan fingerprint density at radius 3 is 1.92 bits per heavy atom. The number of hydrogen-bond donors (Lipinski definition) is 2. The van der Waals surface area contributed by atoms with Gasteiger partial charge < -0.3 is 0 Å². The van der Waals surface area contributed by atoms with Crippen LogP contribution in [0.25, 0.3) is 0 Å². The van der Waals surface area contributed by atoms with Gasteiger partial charge in [0, 0.05) is 6.26 Å². The summed E-state index contributed by atoms with van der Waals surface area (Å²) in [5.74, 6) is 1.85. The first-order chi connectivity index (χ1) is 5.99. The topological polar surface area (TPSA) is 37.4 Å². The maximum atomic E-state index is 10.8. The van der Waals surface area contributed by atoms with Gasteiger partial charge in [0.15, 0.2) is 8.87 Å². The molecule has 0 aromatic heterocycles. The van der Waals surface area contributed by atoms with Crippen molar-refractivity contribution in [3.63, 3.8) is 0 Å². The van der Waals surface area contributed by atoms with Crippen molar-refractivity contribution in [3.8, 4) is 0 Å². The molecule has 0 bridgehead atoms. The average Bonchev–Trinajstić information content (AvgIpc) is 2.00. The maximum Gasteiger partial charge on any atom is 0.199 e. The molecule has 0 radical (unpaired) electrons. The van der Waals surface area contributed by atoms with Crippen molar-refractivity contribution in [2.75, 3.05) is 23.9 Å². The first-order valence-electron chi connectivity index (χ1n) is 3.09. The summed E-state index contributed by atoms with van der Waals surface area (Å²) in [5.41, 5.74) is 0. The van der Waals surface area contributed by atoms with E-state index in [-0.39, 0.29) is 0 Å². The molecule has 0 atom stereocenters. The molecule has 0 aliphatic carbocycles. The third-order valence-corrected chi connectivity index (χ3v) is 5.08. The van der Waals surface area contributed by atoms with Crippen LogP contribution in [0, 0.1) is 0 Å². The second-order valence-corrected chi connectivity index (χ2v) is 9.15. The number of hydrogen-bond acceptors (Lipinski definition) is 8. The fraction of sp³-hybridized carbons (Fsp3) is 1.00. The Kier molecular flexibility index (Phi) is 8.90. The third kappa shape index (κ3) is 9.95. The summed E-state index contributed by atoms with van der Waals surface area (Å²) in [5, 5.41) is 0. The van der Waals surface area contributed by atoms with Gasteiger partial charge in [-0.3, -0.25) is 4.90 Å². The van der Waals surface area contributed by atoms with Crippen LogP contribution >= 0.6 is 55.7 Å². The molecule has 0 saturated carbocycles. The highest BCUT2D eigenvalue weighted by molar-refractivity contribution is 8.71. The van der Waals surface area contributed by atoms with Crippen molar-refractivity contribution in [1.82, 2.24) is 4.90 Å². The van der Waals surface area contributed by atoms with Crippen LogP contribution in [0.4, 0.5) is 0 Å². The molecule has 0 aliphatic rings. The molecular formula is C4H11NO2S6. The van der Waals surface area contributed by atoms with Gasteiger partial charge in [-0.25, -0.2) is 8.42 Å². The lowest BCUT2D eigenvalue weighted by Gasteiger charge is -2.17. The average molecular weight is 298 g/mol. The van der Waals surface area contributed by atoms with Crippen LogP contribution in [0.5, 0.6) is 0 Å². The molecular weight excluding hydrogens is 286 g/mol. The molecule has 3 nitrogen and oxygen atoms in total. The molecule has 0 saturated heterocycles. The quantitative estimate of drug-likeness (QED) is 0.425. The first-order valence-corrected chi connectivity index (χ1v) is 10.6. The summed E-state index contributed by atoms with van der Waals surface area (Å²) in [6, 6.07) is 0. The summed E-state index contributed by atoms with van der Waals surface area (Å²) in [4.78, 5) is 1.95. The Hall–Kier alpha value is 1.66. The van der Waals surface area contributed by atoms with Gasteiger partial charge in [0.2, 0.25) is 0 Å². The standard InChI is InChI=1S/C4H11NO2S6/c1-13(6,7)12-4-5(2-10-8)3-11-9/h8-9H,2-4H2,1H3. The Labute approximate surface area is 101 Å². The molecule has 0 heterocycles. The monoisotopic (exact) mass is 297 g/mol. The molecule has 13 heavy (non-hydrogen) atoms. The zero-order chi connectivity index (χ0) is 10.3. The maximum absolute atomic E-state index is 10.8. The molecule has 0 aromatic rings. The molecule has 9 heteroatoms. The van der Waals surface area contributed by atoms with Gasteiger partial charge in [0.25, 0.3) is 0 Å². The summed E-state index contributed by atoms with van der Waals surface area (Å²) in [6.45, 7) is 0. The van der Waals surface area contributed by atoms with Gasteiger partial charge in [-0.1, -0.05) is 21.6 Å². The molecule has 0 spiro atoms. The van der Waals surface area contributed by atoms with Crippen LogP contribution in [-0.2, 0) is 8.87 Å². The van der Waals surface area contributed by atoms with Crippen molar-refractivity contribution in [2.24, 2.45) is 0 Å². The van der Waals surface area contributed by atoms with E-state index in [1.54, 1.807) is 0 Å². The fourth-order valence-electron chi connectivity index (χ4n) is 0.445. The highest BCUT2D eigenvalue weighted by atomic mass is 33.1. The predicted octanol–water partition coefficient (Wildman–Crippen LogP) is 2.01. The van der Waals surface area contributed by atoms with Gasteiger partial charge >= 0.3 is 0 Å². The van der Waals surface area contributed by atoms with E-state index in [0.717, 1.165) is 10.8 Å². The van der Waals surface area contributed by atoms with E-state index >= 15 is 0 Å². The Morgan fingerprint density at radius 2 is 1.62 bits per heavy atom. The largest absolute Gasteiger partial charge is 0.273 e. The summed E-state index contributed by atoms with van der Waals surface area (Å²) >= 11 is 8.00. The number of thiol groups is 2. The lowest BCUT2D eigenvalue weighted by molar-refractivity contribution is 0.451. The highest BCUT2D eigenvalue weighted by Crippen LogP contribution is 2.19. The Bertz CT molecular complexity index is 211. The summed E-state index contributed by atoms with van der Waals surface area (Å²) < 4.78 is 21.7. The highest BCUT2D eigenvalue weighted by Gasteiger charge is 2.08. The molecule has 0 aliphatic heterocycles. The van der Waals surface area contributed by atoms with Crippen LogP contribution in [0.2, 0.25) is 0 Å². The van der Waals surface area contributed by atoms with Crippen molar-refractivity contribution in [1.29, 1.82) is 0 Å². The molecule has 0 unspecified atom stereocenters. The third-order valence-electron chi connectivity index (χ3n) is 0.930. The van der Waals surface area contributed by atoms with Crippen LogP contribution in [0.15, 0.2) is 0 Å². The minimum absolute atomic E-state index is 0.458. The molecule has 0 rings (SSSR count). The molecule has 0 fully saturated rings. The van der Waals surface area contributed by atoms with Crippen LogP contribution in [0.1, 0.15) is 0 Å². The SMILES string of the molecule is CS(=O)(=O)SCN(CSS)CSS. The number of rotatable bonds is 7. The number of nitrogens with zero attached hydrogens (tertiary/aromatic N) is 1.